The summed E-state index contributed by atoms with van der Waals surface area (Å²) in [6.45, 7) is 8.80. The van der Waals surface area contributed by atoms with E-state index in [0.717, 1.165) is 44.2 Å². The molecule has 0 unspecified atom stereocenters. The molecule has 0 spiro atoms. The maximum absolute atomic E-state index is 4.62. The van der Waals surface area contributed by atoms with Crippen molar-refractivity contribution in [2.24, 2.45) is 0 Å². The van der Waals surface area contributed by atoms with Gasteiger partial charge in [-0.25, -0.2) is 4.98 Å². The van der Waals surface area contributed by atoms with Crippen LogP contribution >= 0.6 is 0 Å². The van der Waals surface area contributed by atoms with Crippen LogP contribution in [0.1, 0.15) is 12.6 Å². The largest absolute Gasteiger partial charge is 0.368 e. The molecular weight excluding hydrogens is 276 g/mol. The van der Waals surface area contributed by atoms with Gasteiger partial charge in [-0.1, -0.05) is 0 Å². The van der Waals surface area contributed by atoms with Crippen molar-refractivity contribution in [2.45, 2.75) is 13.8 Å². The molecule has 0 radical (unpaired) electrons. The van der Waals surface area contributed by atoms with Crippen molar-refractivity contribution >= 4 is 17.5 Å². The summed E-state index contributed by atoms with van der Waals surface area (Å²) in [5.41, 5.74) is 2.24. The fraction of sp³-hybridized carbons (Fsp3) is 0.438. The SMILES string of the molecule is CCNc1nc(C)cc(N2CCN(c3ccncc3)CC2)n1. The summed E-state index contributed by atoms with van der Waals surface area (Å²) in [6.07, 6.45) is 3.69. The van der Waals surface area contributed by atoms with Gasteiger partial charge in [0.2, 0.25) is 5.95 Å². The van der Waals surface area contributed by atoms with E-state index < -0.39 is 0 Å². The van der Waals surface area contributed by atoms with Crippen molar-refractivity contribution in [1.29, 1.82) is 0 Å². The standard InChI is InChI=1S/C16H22N6/c1-3-18-16-19-13(2)12-15(20-16)22-10-8-21(9-11-22)14-4-6-17-7-5-14/h4-7,12H,3,8-11H2,1-2H3,(H,18,19,20). The molecule has 1 aliphatic heterocycles. The van der Waals surface area contributed by atoms with Crippen molar-refractivity contribution in [3.8, 4) is 0 Å². The van der Waals surface area contributed by atoms with Crippen molar-refractivity contribution in [2.75, 3.05) is 47.8 Å². The van der Waals surface area contributed by atoms with E-state index in [1.807, 2.05) is 19.3 Å². The third-order valence-corrected chi connectivity index (χ3v) is 3.81. The topological polar surface area (TPSA) is 57.2 Å². The van der Waals surface area contributed by atoms with Crippen LogP contribution in [0.15, 0.2) is 30.6 Å². The molecule has 2 aromatic heterocycles. The highest BCUT2D eigenvalue weighted by atomic mass is 15.3. The van der Waals surface area contributed by atoms with Crippen LogP contribution in [0.25, 0.3) is 0 Å². The average molecular weight is 298 g/mol. The Kier molecular flexibility index (Phi) is 4.37. The van der Waals surface area contributed by atoms with Crippen LogP contribution in [0, 0.1) is 6.92 Å². The van der Waals surface area contributed by atoms with Crippen molar-refractivity contribution in [1.82, 2.24) is 15.0 Å². The molecule has 1 N–H and O–H groups in total. The predicted molar refractivity (Wildman–Crippen MR) is 89.6 cm³/mol. The quantitative estimate of drug-likeness (QED) is 0.931. The molecule has 6 heteroatoms. The van der Waals surface area contributed by atoms with Crippen LogP contribution in [-0.4, -0.2) is 47.7 Å². The highest BCUT2D eigenvalue weighted by Gasteiger charge is 2.19. The lowest BCUT2D eigenvalue weighted by atomic mass is 10.2. The zero-order chi connectivity index (χ0) is 15.4. The monoisotopic (exact) mass is 298 g/mol. The zero-order valence-electron chi connectivity index (χ0n) is 13.2. The number of aryl methyl sites for hydroxylation is 1. The van der Waals surface area contributed by atoms with Crippen molar-refractivity contribution in [3.63, 3.8) is 0 Å². The lowest BCUT2D eigenvalue weighted by Gasteiger charge is -2.36. The molecule has 1 fully saturated rings. The first-order valence-electron chi connectivity index (χ1n) is 7.75. The molecule has 2 aromatic rings. The highest BCUT2D eigenvalue weighted by Crippen LogP contribution is 2.20. The number of anilines is 3. The van der Waals surface area contributed by atoms with Gasteiger partial charge in [0.25, 0.3) is 0 Å². The number of aromatic nitrogens is 3. The molecule has 0 bridgehead atoms. The molecule has 116 valence electrons. The predicted octanol–water partition coefficient (Wildman–Crippen LogP) is 1.94. The molecular formula is C16H22N6. The van der Waals surface area contributed by atoms with Crippen LogP contribution in [0.3, 0.4) is 0 Å². The van der Waals surface area contributed by atoms with Gasteiger partial charge < -0.3 is 15.1 Å². The first-order valence-corrected chi connectivity index (χ1v) is 7.75. The Morgan fingerprint density at radius 2 is 1.73 bits per heavy atom. The molecule has 22 heavy (non-hydrogen) atoms. The van der Waals surface area contributed by atoms with Gasteiger partial charge in [-0.2, -0.15) is 4.98 Å². The summed E-state index contributed by atoms with van der Waals surface area (Å²) in [5.74, 6) is 1.73. The molecule has 0 aromatic carbocycles. The van der Waals surface area contributed by atoms with Gasteiger partial charge in [-0.15, -0.1) is 0 Å². The maximum atomic E-state index is 4.62. The van der Waals surface area contributed by atoms with Crippen LogP contribution in [0.2, 0.25) is 0 Å². The Morgan fingerprint density at radius 1 is 1.05 bits per heavy atom. The van der Waals surface area contributed by atoms with Gasteiger partial charge in [0.05, 0.1) is 0 Å². The number of nitrogens with zero attached hydrogens (tertiary/aromatic N) is 5. The molecule has 0 atom stereocenters. The summed E-state index contributed by atoms with van der Waals surface area (Å²) in [7, 11) is 0. The van der Waals surface area contributed by atoms with Gasteiger partial charge in [-0.3, -0.25) is 4.98 Å². The van der Waals surface area contributed by atoms with Gasteiger partial charge >= 0.3 is 0 Å². The van der Waals surface area contributed by atoms with Crippen LogP contribution in [0.4, 0.5) is 17.5 Å². The van der Waals surface area contributed by atoms with Gasteiger partial charge in [0.15, 0.2) is 0 Å². The number of hydrogen-bond acceptors (Lipinski definition) is 6. The Hall–Kier alpha value is -2.37. The molecule has 3 heterocycles. The first-order chi connectivity index (χ1) is 10.8. The van der Waals surface area contributed by atoms with E-state index in [2.05, 4.69) is 55.2 Å². The summed E-state index contributed by atoms with van der Waals surface area (Å²) in [4.78, 5) is 17.8. The average Bonchev–Trinajstić information content (AvgIpc) is 2.56. The van der Waals surface area contributed by atoms with Gasteiger partial charge in [0.1, 0.15) is 5.82 Å². The van der Waals surface area contributed by atoms with E-state index in [-0.39, 0.29) is 0 Å². The molecule has 0 aliphatic carbocycles. The van der Waals surface area contributed by atoms with Crippen LogP contribution in [-0.2, 0) is 0 Å². The minimum absolute atomic E-state index is 0.717. The number of rotatable bonds is 4. The van der Waals surface area contributed by atoms with Crippen LogP contribution in [0.5, 0.6) is 0 Å². The second-order valence-corrected chi connectivity index (χ2v) is 5.40. The molecule has 3 rings (SSSR count). The Balaban J connectivity index is 1.68. The fourth-order valence-corrected chi connectivity index (χ4v) is 2.70. The fourth-order valence-electron chi connectivity index (χ4n) is 2.70. The Bertz CT molecular complexity index is 607. The normalized spacial score (nSPS) is 15.0. The lowest BCUT2D eigenvalue weighted by molar-refractivity contribution is 0.646. The molecule has 1 aliphatic rings. The zero-order valence-corrected chi connectivity index (χ0v) is 13.2. The van der Waals surface area contributed by atoms with Gasteiger partial charge in [-0.05, 0) is 26.0 Å². The third-order valence-electron chi connectivity index (χ3n) is 3.81. The number of hydrogen-bond donors (Lipinski definition) is 1. The van der Waals surface area contributed by atoms with Crippen LogP contribution < -0.4 is 15.1 Å². The molecule has 0 amide bonds. The number of nitrogens with one attached hydrogen (secondary N) is 1. The van der Waals surface area contributed by atoms with Crippen molar-refractivity contribution in [3.05, 3.63) is 36.3 Å². The maximum Gasteiger partial charge on any atom is 0.224 e. The van der Waals surface area contributed by atoms with E-state index in [1.165, 1.54) is 5.69 Å². The van der Waals surface area contributed by atoms with E-state index in [0.29, 0.717) is 5.95 Å². The van der Waals surface area contributed by atoms with Crippen molar-refractivity contribution < 1.29 is 0 Å². The van der Waals surface area contributed by atoms with Gasteiger partial charge in [0, 0.05) is 62.6 Å². The highest BCUT2D eigenvalue weighted by molar-refractivity contribution is 5.50. The van der Waals surface area contributed by atoms with E-state index >= 15 is 0 Å². The molecule has 1 saturated heterocycles. The minimum atomic E-state index is 0.717. The Morgan fingerprint density at radius 3 is 2.41 bits per heavy atom. The Labute approximate surface area is 131 Å². The first kappa shape index (κ1) is 14.6. The summed E-state index contributed by atoms with van der Waals surface area (Å²) in [6, 6.07) is 6.18. The van der Waals surface area contributed by atoms with E-state index in [4.69, 9.17) is 0 Å². The van der Waals surface area contributed by atoms with E-state index in [9.17, 15) is 0 Å². The minimum Gasteiger partial charge on any atom is -0.368 e. The second-order valence-electron chi connectivity index (χ2n) is 5.40. The smallest absolute Gasteiger partial charge is 0.224 e. The second kappa shape index (κ2) is 6.60. The summed E-state index contributed by atoms with van der Waals surface area (Å²) < 4.78 is 0. The third kappa shape index (κ3) is 3.27. The number of pyridine rings is 1. The summed E-state index contributed by atoms with van der Waals surface area (Å²) in [5, 5.41) is 3.20. The lowest BCUT2D eigenvalue weighted by Crippen LogP contribution is -2.46. The molecule has 0 saturated carbocycles. The number of piperazine rings is 1. The van der Waals surface area contributed by atoms with E-state index in [1.54, 1.807) is 0 Å². The summed E-state index contributed by atoms with van der Waals surface area (Å²) >= 11 is 0. The molecule has 6 nitrogen and oxygen atoms in total.